The fraction of sp³-hybridized carbons (Fsp3) is 0.600. The van der Waals surface area contributed by atoms with Crippen molar-refractivity contribution in [1.29, 1.82) is 0 Å². The molecule has 1 N–H and O–H groups in total. The van der Waals surface area contributed by atoms with Gasteiger partial charge in [-0.25, -0.2) is 9.59 Å². The van der Waals surface area contributed by atoms with Gasteiger partial charge in [0.15, 0.2) is 0 Å². The van der Waals surface area contributed by atoms with Crippen LogP contribution in [0.4, 0.5) is 0 Å². The van der Waals surface area contributed by atoms with E-state index in [1.807, 2.05) is 6.92 Å². The Morgan fingerprint density at radius 1 is 1.20 bits per heavy atom. The van der Waals surface area contributed by atoms with E-state index in [1.54, 1.807) is 0 Å². The second-order valence-corrected chi connectivity index (χ2v) is 3.35. The number of unbranched alkanes of at least 4 members (excludes halogenated alkanes) is 2. The van der Waals surface area contributed by atoms with Crippen molar-refractivity contribution in [1.82, 2.24) is 0 Å². The number of cyclic esters (lactones) is 2. The first-order valence-corrected chi connectivity index (χ1v) is 4.92. The number of ether oxygens (including phenoxy) is 2. The average Bonchev–Trinajstić information content (AvgIpc) is 2.26. The lowest BCUT2D eigenvalue weighted by molar-refractivity contribution is -0.322. The molecule has 0 aromatic rings. The number of carbonyl (C=O) groups excluding carboxylic acids is 2. The SMILES string of the molecule is CCCCCC1(O)OC(=O)C=CC(=O)O1. The van der Waals surface area contributed by atoms with Gasteiger partial charge in [0.25, 0.3) is 0 Å². The molecular weight excluding hydrogens is 200 g/mol. The van der Waals surface area contributed by atoms with E-state index in [1.165, 1.54) is 0 Å². The Labute approximate surface area is 87.7 Å². The molecule has 0 fully saturated rings. The molecule has 0 saturated heterocycles. The molecule has 0 aromatic carbocycles. The van der Waals surface area contributed by atoms with Crippen molar-refractivity contribution in [3.05, 3.63) is 12.2 Å². The topological polar surface area (TPSA) is 72.8 Å². The monoisotopic (exact) mass is 214 g/mol. The zero-order valence-electron chi connectivity index (χ0n) is 8.56. The second kappa shape index (κ2) is 4.93. The highest BCUT2D eigenvalue weighted by Gasteiger charge is 2.36. The smallest absolute Gasteiger partial charge is 0.373 e. The molecule has 0 aromatic heterocycles. The summed E-state index contributed by atoms with van der Waals surface area (Å²) in [6.45, 7) is 2.00. The van der Waals surface area contributed by atoms with Gasteiger partial charge in [-0.3, -0.25) is 0 Å². The number of carbonyl (C=O) groups is 2. The van der Waals surface area contributed by atoms with Gasteiger partial charge >= 0.3 is 17.9 Å². The standard InChI is InChI=1S/C10H14O5/c1-2-3-4-7-10(13)14-8(11)5-6-9(12)15-10/h5-6,13H,2-4,7H2,1H3. The van der Waals surface area contributed by atoms with E-state index in [4.69, 9.17) is 0 Å². The molecule has 0 unspecified atom stereocenters. The van der Waals surface area contributed by atoms with E-state index in [0.717, 1.165) is 25.0 Å². The van der Waals surface area contributed by atoms with Gasteiger partial charge in [0, 0.05) is 12.2 Å². The van der Waals surface area contributed by atoms with Crippen molar-refractivity contribution in [2.45, 2.75) is 38.6 Å². The first-order valence-electron chi connectivity index (χ1n) is 4.92. The van der Waals surface area contributed by atoms with Gasteiger partial charge in [-0.05, 0) is 6.42 Å². The molecule has 1 aliphatic rings. The molecule has 0 amide bonds. The van der Waals surface area contributed by atoms with Crippen LogP contribution >= 0.6 is 0 Å². The predicted octanol–water partition coefficient (Wildman–Crippen LogP) is 0.869. The van der Waals surface area contributed by atoms with Crippen LogP contribution in [0.3, 0.4) is 0 Å². The van der Waals surface area contributed by atoms with Crippen LogP contribution in [0.2, 0.25) is 0 Å². The van der Waals surface area contributed by atoms with Crippen LogP contribution in [0.25, 0.3) is 0 Å². The van der Waals surface area contributed by atoms with Crippen molar-refractivity contribution in [2.24, 2.45) is 0 Å². The molecule has 0 spiro atoms. The van der Waals surface area contributed by atoms with Crippen LogP contribution in [-0.4, -0.2) is 23.0 Å². The first kappa shape index (κ1) is 11.7. The average molecular weight is 214 g/mol. The van der Waals surface area contributed by atoms with Crippen molar-refractivity contribution < 1.29 is 24.2 Å². The number of rotatable bonds is 4. The Morgan fingerprint density at radius 3 is 2.20 bits per heavy atom. The third-order valence-electron chi connectivity index (χ3n) is 1.97. The van der Waals surface area contributed by atoms with Gasteiger partial charge in [-0.1, -0.05) is 19.8 Å². The van der Waals surface area contributed by atoms with Crippen LogP contribution in [0.15, 0.2) is 12.2 Å². The first-order chi connectivity index (χ1) is 7.06. The Bertz CT molecular complexity index is 262. The minimum atomic E-state index is -2.10. The van der Waals surface area contributed by atoms with Crippen molar-refractivity contribution in [2.75, 3.05) is 0 Å². The summed E-state index contributed by atoms with van der Waals surface area (Å²) in [4.78, 5) is 22.0. The number of hydrogen-bond donors (Lipinski definition) is 1. The lowest BCUT2D eigenvalue weighted by atomic mass is 10.2. The molecule has 0 bridgehead atoms. The maximum absolute atomic E-state index is 11.0. The van der Waals surface area contributed by atoms with Crippen LogP contribution in [0.1, 0.15) is 32.6 Å². The van der Waals surface area contributed by atoms with Gasteiger partial charge in [-0.2, -0.15) is 0 Å². The van der Waals surface area contributed by atoms with Crippen LogP contribution in [0.5, 0.6) is 0 Å². The highest BCUT2D eigenvalue weighted by molar-refractivity contribution is 5.93. The summed E-state index contributed by atoms with van der Waals surface area (Å²) in [5.41, 5.74) is 0. The largest absolute Gasteiger partial charge is 0.395 e. The van der Waals surface area contributed by atoms with E-state index in [-0.39, 0.29) is 6.42 Å². The molecule has 5 heteroatoms. The van der Waals surface area contributed by atoms with Crippen LogP contribution < -0.4 is 0 Å². The van der Waals surface area contributed by atoms with Crippen molar-refractivity contribution in [3.63, 3.8) is 0 Å². The number of hydrogen-bond acceptors (Lipinski definition) is 5. The van der Waals surface area contributed by atoms with E-state index in [9.17, 15) is 14.7 Å². The van der Waals surface area contributed by atoms with E-state index >= 15 is 0 Å². The molecule has 1 heterocycles. The Morgan fingerprint density at radius 2 is 1.73 bits per heavy atom. The highest BCUT2D eigenvalue weighted by Crippen LogP contribution is 2.21. The zero-order chi connectivity index (χ0) is 11.3. The fourth-order valence-corrected chi connectivity index (χ4v) is 1.24. The summed E-state index contributed by atoms with van der Waals surface area (Å²) >= 11 is 0. The van der Waals surface area contributed by atoms with Gasteiger partial charge in [0.05, 0.1) is 6.42 Å². The minimum Gasteiger partial charge on any atom is -0.395 e. The summed E-state index contributed by atoms with van der Waals surface area (Å²) in [6.07, 6.45) is 4.40. The second-order valence-electron chi connectivity index (χ2n) is 3.35. The molecule has 1 aliphatic heterocycles. The van der Waals surface area contributed by atoms with Crippen LogP contribution in [-0.2, 0) is 19.1 Å². The molecule has 0 radical (unpaired) electrons. The molecular formula is C10H14O5. The highest BCUT2D eigenvalue weighted by atomic mass is 16.8. The molecule has 0 saturated carbocycles. The Balaban J connectivity index is 2.58. The molecule has 84 valence electrons. The van der Waals surface area contributed by atoms with Crippen molar-refractivity contribution in [3.8, 4) is 0 Å². The van der Waals surface area contributed by atoms with Gasteiger partial charge < -0.3 is 14.6 Å². The number of esters is 2. The third kappa shape index (κ3) is 3.71. The molecule has 15 heavy (non-hydrogen) atoms. The van der Waals surface area contributed by atoms with E-state index < -0.39 is 17.9 Å². The lowest BCUT2D eigenvalue weighted by Crippen LogP contribution is -2.37. The van der Waals surface area contributed by atoms with Gasteiger partial charge in [0.2, 0.25) is 0 Å². The lowest BCUT2D eigenvalue weighted by Gasteiger charge is -2.24. The normalized spacial score (nSPS) is 19.3. The third-order valence-corrected chi connectivity index (χ3v) is 1.97. The number of aliphatic hydroxyl groups is 1. The zero-order valence-corrected chi connectivity index (χ0v) is 8.56. The van der Waals surface area contributed by atoms with Crippen LogP contribution in [0, 0.1) is 0 Å². The summed E-state index contributed by atoms with van der Waals surface area (Å²) in [5.74, 6) is -3.66. The predicted molar refractivity (Wildman–Crippen MR) is 50.4 cm³/mol. The summed E-state index contributed by atoms with van der Waals surface area (Å²) < 4.78 is 9.21. The summed E-state index contributed by atoms with van der Waals surface area (Å²) in [5, 5.41) is 9.69. The molecule has 0 aliphatic carbocycles. The summed E-state index contributed by atoms with van der Waals surface area (Å²) in [7, 11) is 0. The maximum Gasteiger partial charge on any atom is 0.373 e. The Hall–Kier alpha value is -1.36. The minimum absolute atomic E-state index is 0.0972. The Kier molecular flexibility index (Phi) is 3.85. The maximum atomic E-state index is 11.0. The molecule has 0 atom stereocenters. The van der Waals surface area contributed by atoms with Gasteiger partial charge in [-0.15, -0.1) is 0 Å². The quantitative estimate of drug-likeness (QED) is 0.555. The van der Waals surface area contributed by atoms with Crippen molar-refractivity contribution >= 4 is 11.9 Å². The fourth-order valence-electron chi connectivity index (χ4n) is 1.24. The molecule has 5 nitrogen and oxygen atoms in total. The summed E-state index contributed by atoms with van der Waals surface area (Å²) in [6, 6.07) is 0. The van der Waals surface area contributed by atoms with E-state index in [0.29, 0.717) is 6.42 Å². The van der Waals surface area contributed by atoms with Gasteiger partial charge in [0.1, 0.15) is 0 Å². The van der Waals surface area contributed by atoms with E-state index in [2.05, 4.69) is 9.47 Å². The molecule has 1 rings (SSSR count).